The van der Waals surface area contributed by atoms with E-state index < -0.39 is 0 Å². The highest BCUT2D eigenvalue weighted by Gasteiger charge is 2.26. The van der Waals surface area contributed by atoms with Crippen molar-refractivity contribution in [3.63, 3.8) is 0 Å². The number of piperazine rings is 1. The fourth-order valence-corrected chi connectivity index (χ4v) is 4.30. The van der Waals surface area contributed by atoms with E-state index >= 15 is 0 Å². The summed E-state index contributed by atoms with van der Waals surface area (Å²) in [6, 6.07) is 19.0. The molecule has 0 amide bonds. The fourth-order valence-electron chi connectivity index (χ4n) is 3.48. The van der Waals surface area contributed by atoms with Crippen molar-refractivity contribution in [1.29, 1.82) is 0 Å². The Labute approximate surface area is 170 Å². The van der Waals surface area contributed by atoms with Gasteiger partial charge in [0.1, 0.15) is 10.8 Å². The van der Waals surface area contributed by atoms with Gasteiger partial charge in [0.05, 0.1) is 18.8 Å². The van der Waals surface area contributed by atoms with Crippen LogP contribution in [-0.4, -0.2) is 36.6 Å². The molecule has 1 fully saturated rings. The molecule has 0 radical (unpaired) electrons. The molecule has 27 heavy (non-hydrogen) atoms. The molecule has 4 rings (SSSR count). The Morgan fingerprint density at radius 2 is 1.93 bits per heavy atom. The number of hydrogen-bond donors (Lipinski definition) is 1. The molecule has 0 spiro atoms. The van der Waals surface area contributed by atoms with E-state index in [1.165, 1.54) is 11.1 Å². The van der Waals surface area contributed by atoms with Gasteiger partial charge in [0, 0.05) is 42.7 Å². The van der Waals surface area contributed by atoms with Crippen LogP contribution in [0, 0.1) is 0 Å². The van der Waals surface area contributed by atoms with Gasteiger partial charge in [-0.25, -0.2) is 4.98 Å². The Kier molecular flexibility index (Phi) is 6.85. The lowest BCUT2D eigenvalue weighted by molar-refractivity contribution is 0.149. The van der Waals surface area contributed by atoms with Crippen molar-refractivity contribution in [2.24, 2.45) is 0 Å². The minimum absolute atomic E-state index is 0. The molecular weight excluding hydrogens is 378 g/mol. The number of methoxy groups -OCH3 is 1. The number of nitrogens with zero attached hydrogens (tertiary/aromatic N) is 2. The van der Waals surface area contributed by atoms with Crippen molar-refractivity contribution < 1.29 is 4.74 Å². The highest BCUT2D eigenvalue weighted by molar-refractivity contribution is 7.13. The summed E-state index contributed by atoms with van der Waals surface area (Å²) in [6.45, 7) is 3.78. The molecule has 0 saturated carbocycles. The summed E-state index contributed by atoms with van der Waals surface area (Å²) in [7, 11) is 1.74. The van der Waals surface area contributed by atoms with Gasteiger partial charge in [0.2, 0.25) is 0 Å². The van der Waals surface area contributed by atoms with Gasteiger partial charge in [-0.15, -0.1) is 23.7 Å². The molecule has 142 valence electrons. The Morgan fingerprint density at radius 1 is 1.15 bits per heavy atom. The molecule has 3 aromatic rings. The molecule has 0 bridgehead atoms. The van der Waals surface area contributed by atoms with Crippen LogP contribution in [0.15, 0.2) is 60.0 Å². The number of rotatable bonds is 5. The molecule has 6 heteroatoms. The van der Waals surface area contributed by atoms with Gasteiger partial charge < -0.3 is 10.1 Å². The molecule has 0 aliphatic carbocycles. The second kappa shape index (κ2) is 9.33. The third kappa shape index (κ3) is 4.50. The van der Waals surface area contributed by atoms with E-state index in [1.807, 2.05) is 18.2 Å². The number of benzene rings is 2. The fraction of sp³-hybridized carbons (Fsp3) is 0.286. The average Bonchev–Trinajstić information content (AvgIpc) is 3.18. The largest absolute Gasteiger partial charge is 0.496 e. The van der Waals surface area contributed by atoms with Gasteiger partial charge in [-0.2, -0.15) is 0 Å². The van der Waals surface area contributed by atoms with Crippen molar-refractivity contribution in [3.05, 3.63) is 71.2 Å². The van der Waals surface area contributed by atoms with Crippen LogP contribution in [0.5, 0.6) is 5.75 Å². The topological polar surface area (TPSA) is 37.4 Å². The third-order valence-corrected chi connectivity index (χ3v) is 5.73. The highest BCUT2D eigenvalue weighted by Crippen LogP contribution is 2.32. The number of para-hydroxylation sites is 1. The first-order valence-corrected chi connectivity index (χ1v) is 9.80. The number of aromatic nitrogens is 1. The number of thiazole rings is 1. The minimum Gasteiger partial charge on any atom is -0.496 e. The normalized spacial score (nSPS) is 17.3. The zero-order valence-electron chi connectivity index (χ0n) is 15.3. The van der Waals surface area contributed by atoms with E-state index in [4.69, 9.17) is 9.72 Å². The van der Waals surface area contributed by atoms with Gasteiger partial charge in [0.15, 0.2) is 0 Å². The first-order chi connectivity index (χ1) is 12.8. The molecule has 4 nitrogen and oxygen atoms in total. The predicted octanol–water partition coefficient (Wildman–Crippen LogP) is 4.39. The van der Waals surface area contributed by atoms with E-state index in [-0.39, 0.29) is 12.4 Å². The summed E-state index contributed by atoms with van der Waals surface area (Å²) in [5.74, 6) is 0.953. The maximum absolute atomic E-state index is 5.59. The molecule has 1 N–H and O–H groups in total. The van der Waals surface area contributed by atoms with E-state index in [0.29, 0.717) is 6.04 Å². The maximum Gasteiger partial charge on any atom is 0.123 e. The second-order valence-electron chi connectivity index (χ2n) is 6.44. The molecular formula is C21H24ClN3OS. The lowest BCUT2D eigenvalue weighted by Gasteiger charge is -2.36. The highest BCUT2D eigenvalue weighted by atomic mass is 35.5. The first-order valence-electron chi connectivity index (χ1n) is 8.92. The van der Waals surface area contributed by atoms with Gasteiger partial charge in [-0.1, -0.05) is 48.5 Å². The summed E-state index contributed by atoms with van der Waals surface area (Å²) >= 11 is 1.72. The van der Waals surface area contributed by atoms with Gasteiger partial charge in [-0.3, -0.25) is 4.90 Å². The van der Waals surface area contributed by atoms with E-state index in [9.17, 15) is 0 Å². The van der Waals surface area contributed by atoms with Crippen molar-refractivity contribution in [2.75, 3.05) is 26.7 Å². The van der Waals surface area contributed by atoms with E-state index in [0.717, 1.165) is 42.6 Å². The average molecular weight is 402 g/mol. The quantitative estimate of drug-likeness (QED) is 0.688. The molecule has 2 heterocycles. The minimum atomic E-state index is 0. The lowest BCUT2D eigenvalue weighted by Crippen LogP contribution is -2.45. The van der Waals surface area contributed by atoms with Crippen LogP contribution >= 0.6 is 23.7 Å². The van der Waals surface area contributed by atoms with Crippen molar-refractivity contribution in [1.82, 2.24) is 15.2 Å². The van der Waals surface area contributed by atoms with Crippen molar-refractivity contribution >= 4 is 23.7 Å². The molecule has 1 aromatic heterocycles. The molecule has 1 unspecified atom stereocenters. The molecule has 1 atom stereocenters. The molecule has 1 aliphatic heterocycles. The number of nitrogens with one attached hydrogen (secondary N) is 1. The van der Waals surface area contributed by atoms with Crippen LogP contribution in [-0.2, 0) is 6.54 Å². The predicted molar refractivity (Wildman–Crippen MR) is 114 cm³/mol. The monoisotopic (exact) mass is 401 g/mol. The molecule has 1 saturated heterocycles. The SMILES string of the molecule is COc1ccccc1C1CNCCN1Cc1csc(-c2ccccc2)n1.Cl. The molecule has 1 aliphatic rings. The number of halogens is 1. The summed E-state index contributed by atoms with van der Waals surface area (Å²) in [4.78, 5) is 7.37. The van der Waals surface area contributed by atoms with Crippen LogP contribution in [0.3, 0.4) is 0 Å². The number of hydrogen-bond acceptors (Lipinski definition) is 5. The zero-order chi connectivity index (χ0) is 17.8. The van der Waals surface area contributed by atoms with Crippen molar-refractivity contribution in [3.8, 4) is 16.3 Å². The Bertz CT molecular complexity index is 855. The first kappa shape index (κ1) is 19.8. The van der Waals surface area contributed by atoms with Gasteiger partial charge in [-0.05, 0) is 6.07 Å². The van der Waals surface area contributed by atoms with Crippen LogP contribution in [0.2, 0.25) is 0 Å². The Hall–Kier alpha value is -1.92. The molecule has 2 aromatic carbocycles. The lowest BCUT2D eigenvalue weighted by atomic mass is 10.0. The third-order valence-electron chi connectivity index (χ3n) is 4.79. The van der Waals surface area contributed by atoms with Crippen LogP contribution in [0.4, 0.5) is 0 Å². The summed E-state index contributed by atoms with van der Waals surface area (Å²) in [5.41, 5.74) is 3.56. The standard InChI is InChI=1S/C21H23N3OS.ClH/c1-25-20-10-6-5-9-18(20)19-13-22-11-12-24(19)14-17-15-26-21(23-17)16-7-3-2-4-8-16;/h2-10,15,19,22H,11-14H2,1H3;1H. The van der Waals surface area contributed by atoms with Gasteiger partial charge >= 0.3 is 0 Å². The van der Waals surface area contributed by atoms with Crippen LogP contribution in [0.25, 0.3) is 10.6 Å². The van der Waals surface area contributed by atoms with Crippen LogP contribution < -0.4 is 10.1 Å². The number of ether oxygens (including phenoxy) is 1. The summed E-state index contributed by atoms with van der Waals surface area (Å²) < 4.78 is 5.59. The van der Waals surface area contributed by atoms with Crippen LogP contribution in [0.1, 0.15) is 17.3 Å². The van der Waals surface area contributed by atoms with E-state index in [2.05, 4.69) is 52.0 Å². The zero-order valence-corrected chi connectivity index (χ0v) is 16.9. The Balaban J connectivity index is 0.00000210. The maximum atomic E-state index is 5.59. The Morgan fingerprint density at radius 3 is 2.74 bits per heavy atom. The second-order valence-corrected chi connectivity index (χ2v) is 7.30. The summed E-state index contributed by atoms with van der Waals surface area (Å²) in [6.07, 6.45) is 0. The van der Waals surface area contributed by atoms with Crippen molar-refractivity contribution in [2.45, 2.75) is 12.6 Å². The van der Waals surface area contributed by atoms with Gasteiger partial charge in [0.25, 0.3) is 0 Å². The smallest absolute Gasteiger partial charge is 0.123 e. The summed E-state index contributed by atoms with van der Waals surface area (Å²) in [5, 5.41) is 6.79. The van der Waals surface area contributed by atoms with E-state index in [1.54, 1.807) is 18.4 Å².